The van der Waals surface area contributed by atoms with Crippen molar-refractivity contribution < 1.29 is 13.9 Å². The molecule has 0 saturated carbocycles. The van der Waals surface area contributed by atoms with Crippen LogP contribution in [-0.2, 0) is 4.74 Å². The Labute approximate surface area is 78.9 Å². The molecule has 0 aliphatic carbocycles. The molecule has 2 aromatic rings. The van der Waals surface area contributed by atoms with E-state index in [1.807, 2.05) is 0 Å². The highest BCUT2D eigenvalue weighted by atomic mass is 19.1. The molecular weight excluding hydrogens is 187 g/mol. The number of carbonyl (C=O) groups is 1. The van der Waals surface area contributed by atoms with Gasteiger partial charge < -0.3 is 4.74 Å². The van der Waals surface area contributed by atoms with Crippen molar-refractivity contribution >= 4 is 11.5 Å². The second kappa shape index (κ2) is 3.10. The van der Waals surface area contributed by atoms with Crippen LogP contribution in [0.25, 0.3) is 5.52 Å². The predicted octanol–water partition coefficient (Wildman–Crippen LogP) is 1.26. The van der Waals surface area contributed by atoms with Gasteiger partial charge in [0.1, 0.15) is 11.3 Å². The van der Waals surface area contributed by atoms with Crippen molar-refractivity contribution in [1.82, 2.24) is 9.61 Å². The van der Waals surface area contributed by atoms with Gasteiger partial charge >= 0.3 is 5.97 Å². The van der Waals surface area contributed by atoms with E-state index in [4.69, 9.17) is 0 Å². The van der Waals surface area contributed by atoms with Gasteiger partial charge in [-0.15, -0.1) is 0 Å². The summed E-state index contributed by atoms with van der Waals surface area (Å²) in [5.41, 5.74) is 0.460. The van der Waals surface area contributed by atoms with Crippen molar-refractivity contribution in [3.05, 3.63) is 35.9 Å². The Morgan fingerprint density at radius 3 is 3.00 bits per heavy atom. The number of rotatable bonds is 1. The maximum absolute atomic E-state index is 13.2. The normalized spacial score (nSPS) is 10.4. The van der Waals surface area contributed by atoms with E-state index in [0.717, 1.165) is 0 Å². The van der Waals surface area contributed by atoms with E-state index in [9.17, 15) is 9.18 Å². The summed E-state index contributed by atoms with van der Waals surface area (Å²) in [5.74, 6) is -0.964. The third-order valence-electron chi connectivity index (χ3n) is 1.90. The van der Waals surface area contributed by atoms with Crippen LogP contribution in [0, 0.1) is 5.82 Å². The lowest BCUT2D eigenvalue weighted by molar-refractivity contribution is 0.0590. The Hall–Kier alpha value is -1.91. The van der Waals surface area contributed by atoms with Gasteiger partial charge in [0.2, 0.25) is 0 Å². The maximum Gasteiger partial charge on any atom is 0.356 e. The molecule has 0 radical (unpaired) electrons. The van der Waals surface area contributed by atoms with Crippen molar-refractivity contribution in [2.75, 3.05) is 7.11 Å². The van der Waals surface area contributed by atoms with Gasteiger partial charge in [-0.1, -0.05) is 0 Å². The molecule has 0 bridgehead atoms. The number of esters is 1. The molecule has 0 N–H and O–H groups in total. The number of ether oxygens (including phenoxy) is 1. The zero-order valence-electron chi connectivity index (χ0n) is 7.40. The lowest BCUT2D eigenvalue weighted by Crippen LogP contribution is -2.09. The summed E-state index contributed by atoms with van der Waals surface area (Å²) in [5, 5.41) is 3.82. The number of hydrogen-bond acceptors (Lipinski definition) is 3. The highest BCUT2D eigenvalue weighted by Crippen LogP contribution is 2.11. The molecular formula is C9H7FN2O2. The van der Waals surface area contributed by atoms with Crippen LogP contribution in [0.4, 0.5) is 4.39 Å². The molecule has 0 aromatic carbocycles. The largest absolute Gasteiger partial charge is 0.464 e. The molecule has 72 valence electrons. The number of aromatic nitrogens is 2. The molecule has 0 fully saturated rings. The molecule has 0 saturated heterocycles. The van der Waals surface area contributed by atoms with Crippen molar-refractivity contribution in [2.24, 2.45) is 0 Å². The Bertz CT molecular complexity index is 493. The molecule has 0 spiro atoms. The van der Waals surface area contributed by atoms with Crippen LogP contribution < -0.4 is 0 Å². The van der Waals surface area contributed by atoms with Crippen molar-refractivity contribution in [2.45, 2.75) is 0 Å². The Kier molecular flexibility index (Phi) is 1.92. The third-order valence-corrected chi connectivity index (χ3v) is 1.90. The first-order valence-electron chi connectivity index (χ1n) is 3.94. The Morgan fingerprint density at radius 1 is 1.50 bits per heavy atom. The standard InChI is InChI=1S/C9H7FN2O2/c1-14-9(13)8-3-2-6(10)7-4-5-11-12(7)8/h2-5H,1H3. The van der Waals surface area contributed by atoms with E-state index in [2.05, 4.69) is 9.84 Å². The van der Waals surface area contributed by atoms with Crippen LogP contribution in [0.15, 0.2) is 24.4 Å². The maximum atomic E-state index is 13.2. The topological polar surface area (TPSA) is 43.6 Å². The number of pyridine rings is 1. The minimum atomic E-state index is -0.543. The highest BCUT2D eigenvalue weighted by molar-refractivity contribution is 5.88. The van der Waals surface area contributed by atoms with Gasteiger partial charge in [0.05, 0.1) is 13.3 Å². The second-order valence-corrected chi connectivity index (χ2v) is 2.69. The van der Waals surface area contributed by atoms with E-state index in [0.29, 0.717) is 0 Å². The van der Waals surface area contributed by atoms with Gasteiger partial charge in [-0.05, 0) is 18.2 Å². The van der Waals surface area contributed by atoms with Gasteiger partial charge in [-0.25, -0.2) is 13.7 Å². The monoisotopic (exact) mass is 194 g/mol. The van der Waals surface area contributed by atoms with Crippen LogP contribution in [0.5, 0.6) is 0 Å². The molecule has 0 unspecified atom stereocenters. The lowest BCUT2D eigenvalue weighted by Gasteiger charge is -2.02. The van der Waals surface area contributed by atoms with Gasteiger partial charge in [-0.2, -0.15) is 5.10 Å². The summed E-state index contributed by atoms with van der Waals surface area (Å²) in [6.07, 6.45) is 1.42. The van der Waals surface area contributed by atoms with E-state index >= 15 is 0 Å². The van der Waals surface area contributed by atoms with Crippen LogP contribution in [0.3, 0.4) is 0 Å². The second-order valence-electron chi connectivity index (χ2n) is 2.69. The van der Waals surface area contributed by atoms with Crippen molar-refractivity contribution in [1.29, 1.82) is 0 Å². The predicted molar refractivity (Wildman–Crippen MR) is 46.5 cm³/mol. The quantitative estimate of drug-likeness (QED) is 0.642. The summed E-state index contributed by atoms with van der Waals surface area (Å²) < 4.78 is 18.9. The molecule has 0 aliphatic rings. The van der Waals surface area contributed by atoms with Crippen LogP contribution in [0.1, 0.15) is 10.5 Å². The summed E-state index contributed by atoms with van der Waals surface area (Å²) >= 11 is 0. The summed E-state index contributed by atoms with van der Waals surface area (Å²) in [6, 6.07) is 4.03. The van der Waals surface area contributed by atoms with Crippen molar-refractivity contribution in [3.8, 4) is 0 Å². The van der Waals surface area contributed by atoms with Crippen LogP contribution in [0.2, 0.25) is 0 Å². The number of halogens is 1. The van der Waals surface area contributed by atoms with Gasteiger partial charge in [0.15, 0.2) is 5.69 Å². The fraction of sp³-hybridized carbons (Fsp3) is 0.111. The zero-order chi connectivity index (χ0) is 10.1. The smallest absolute Gasteiger partial charge is 0.356 e. The molecule has 14 heavy (non-hydrogen) atoms. The highest BCUT2D eigenvalue weighted by Gasteiger charge is 2.12. The Morgan fingerprint density at radius 2 is 2.29 bits per heavy atom. The van der Waals surface area contributed by atoms with Crippen molar-refractivity contribution in [3.63, 3.8) is 0 Å². The first-order chi connectivity index (χ1) is 6.74. The summed E-state index contributed by atoms with van der Waals surface area (Å²) in [4.78, 5) is 11.2. The van der Waals surface area contributed by atoms with Gasteiger partial charge in [0.25, 0.3) is 0 Å². The van der Waals surface area contributed by atoms with E-state index in [-0.39, 0.29) is 11.2 Å². The van der Waals surface area contributed by atoms with Crippen LogP contribution in [-0.4, -0.2) is 22.7 Å². The van der Waals surface area contributed by atoms with E-state index in [1.54, 1.807) is 0 Å². The van der Waals surface area contributed by atoms with Gasteiger partial charge in [-0.3, -0.25) is 0 Å². The molecule has 5 heteroatoms. The molecule has 0 aliphatic heterocycles. The SMILES string of the molecule is COC(=O)c1ccc(F)c2ccnn12. The molecule has 0 atom stereocenters. The first-order valence-corrected chi connectivity index (χ1v) is 3.94. The fourth-order valence-corrected chi connectivity index (χ4v) is 1.24. The molecule has 2 aromatic heterocycles. The minimum Gasteiger partial charge on any atom is -0.464 e. The lowest BCUT2D eigenvalue weighted by atomic mass is 10.3. The number of hydrogen-bond donors (Lipinski definition) is 0. The first kappa shape index (κ1) is 8.68. The number of carbonyl (C=O) groups excluding carboxylic acids is 1. The third kappa shape index (κ3) is 1.14. The molecule has 4 nitrogen and oxygen atoms in total. The van der Waals surface area contributed by atoms with E-state index < -0.39 is 11.8 Å². The Balaban J connectivity index is 2.72. The summed E-state index contributed by atoms with van der Waals surface area (Å²) in [7, 11) is 1.26. The average molecular weight is 194 g/mol. The van der Waals surface area contributed by atoms with E-state index in [1.165, 1.54) is 36.0 Å². The summed E-state index contributed by atoms with van der Waals surface area (Å²) in [6.45, 7) is 0. The molecule has 2 rings (SSSR count). The minimum absolute atomic E-state index is 0.203. The number of fused-ring (bicyclic) bond motifs is 1. The average Bonchev–Trinajstić information content (AvgIpc) is 2.67. The molecule has 2 heterocycles. The van der Waals surface area contributed by atoms with Gasteiger partial charge in [0, 0.05) is 0 Å². The zero-order valence-corrected chi connectivity index (χ0v) is 7.40. The number of methoxy groups -OCH3 is 1. The van der Waals surface area contributed by atoms with Crippen LogP contribution >= 0.6 is 0 Å². The number of nitrogens with zero attached hydrogens (tertiary/aromatic N) is 2. The fourth-order valence-electron chi connectivity index (χ4n) is 1.24. The molecule has 0 amide bonds.